The third kappa shape index (κ3) is 4.12. The molecule has 9 heteroatoms. The van der Waals surface area contributed by atoms with E-state index in [1.165, 1.54) is 6.07 Å². The lowest BCUT2D eigenvalue weighted by Gasteiger charge is -2.08. The highest BCUT2D eigenvalue weighted by Crippen LogP contribution is 2.32. The van der Waals surface area contributed by atoms with Crippen LogP contribution in [0.15, 0.2) is 46.0 Å². The number of benzene rings is 2. The van der Waals surface area contributed by atoms with Crippen LogP contribution in [0.4, 0.5) is 0 Å². The quantitative estimate of drug-likeness (QED) is 0.642. The number of hydrogen-bond donors (Lipinski definition) is 2. The van der Waals surface area contributed by atoms with Crippen LogP contribution in [0.2, 0.25) is 5.02 Å². The van der Waals surface area contributed by atoms with Crippen LogP contribution in [0.1, 0.15) is 18.4 Å². The van der Waals surface area contributed by atoms with E-state index in [0.717, 1.165) is 10.1 Å². The summed E-state index contributed by atoms with van der Waals surface area (Å²) in [6, 6.07) is 10.2. The summed E-state index contributed by atoms with van der Waals surface area (Å²) in [5.74, 6) is 1.18. The Labute approximate surface area is 170 Å². The molecular weight excluding hydrogens is 398 g/mol. The number of fused-ring (bicyclic) bond motifs is 2. The molecule has 0 aliphatic carbocycles. The summed E-state index contributed by atoms with van der Waals surface area (Å²) in [6.45, 7) is 0.697. The molecule has 4 rings (SSSR count). The van der Waals surface area contributed by atoms with Crippen molar-refractivity contribution in [3.8, 4) is 11.5 Å². The zero-order valence-corrected chi connectivity index (χ0v) is 16.1. The number of amides is 1. The fraction of sp³-hybridized carbons (Fsp3) is 0.250. The number of carbonyl (C=O) groups is 1. The number of hydrogen-bond acceptors (Lipinski definition) is 5. The highest BCUT2D eigenvalue weighted by molar-refractivity contribution is 6.31. The molecule has 1 amide bonds. The Kier molecular flexibility index (Phi) is 5.26. The molecule has 2 heterocycles. The minimum absolute atomic E-state index is 0.143. The van der Waals surface area contributed by atoms with Crippen molar-refractivity contribution in [2.75, 3.05) is 6.79 Å². The van der Waals surface area contributed by atoms with E-state index < -0.39 is 11.2 Å². The summed E-state index contributed by atoms with van der Waals surface area (Å²) in [6.07, 6.45) is 0.546. The van der Waals surface area contributed by atoms with Gasteiger partial charge in [0.25, 0.3) is 5.56 Å². The zero-order valence-electron chi connectivity index (χ0n) is 15.4. The van der Waals surface area contributed by atoms with Gasteiger partial charge >= 0.3 is 5.69 Å². The van der Waals surface area contributed by atoms with Crippen LogP contribution >= 0.6 is 11.6 Å². The molecule has 1 aliphatic rings. The van der Waals surface area contributed by atoms with Crippen molar-refractivity contribution in [1.29, 1.82) is 0 Å². The summed E-state index contributed by atoms with van der Waals surface area (Å²) >= 11 is 5.89. The van der Waals surface area contributed by atoms with Gasteiger partial charge in [0, 0.05) is 24.5 Å². The molecule has 0 fully saturated rings. The number of nitrogens with zero attached hydrogens (tertiary/aromatic N) is 1. The van der Waals surface area contributed by atoms with Crippen molar-refractivity contribution in [1.82, 2.24) is 14.9 Å². The van der Waals surface area contributed by atoms with Crippen LogP contribution in [0.5, 0.6) is 11.5 Å². The van der Waals surface area contributed by atoms with Crippen LogP contribution in [0.3, 0.4) is 0 Å². The van der Waals surface area contributed by atoms with E-state index in [1.54, 1.807) is 18.2 Å². The lowest BCUT2D eigenvalue weighted by atomic mass is 10.2. The van der Waals surface area contributed by atoms with Gasteiger partial charge in [0.2, 0.25) is 12.7 Å². The Balaban J connectivity index is 1.34. The van der Waals surface area contributed by atoms with Crippen molar-refractivity contribution in [2.45, 2.75) is 25.9 Å². The number of rotatable bonds is 6. The monoisotopic (exact) mass is 415 g/mol. The van der Waals surface area contributed by atoms with Crippen molar-refractivity contribution in [2.24, 2.45) is 0 Å². The van der Waals surface area contributed by atoms with Crippen LogP contribution in [-0.2, 0) is 17.9 Å². The van der Waals surface area contributed by atoms with E-state index in [-0.39, 0.29) is 25.7 Å². The minimum Gasteiger partial charge on any atom is -0.454 e. The van der Waals surface area contributed by atoms with Crippen molar-refractivity contribution >= 4 is 28.4 Å². The Morgan fingerprint density at radius 1 is 1.14 bits per heavy atom. The molecule has 0 atom stereocenters. The summed E-state index contributed by atoms with van der Waals surface area (Å²) in [5.41, 5.74) is 0.361. The van der Waals surface area contributed by atoms with Gasteiger partial charge < -0.3 is 19.8 Å². The van der Waals surface area contributed by atoms with Crippen LogP contribution in [0.25, 0.3) is 10.9 Å². The predicted molar refractivity (Wildman–Crippen MR) is 107 cm³/mol. The van der Waals surface area contributed by atoms with Gasteiger partial charge in [-0.15, -0.1) is 0 Å². The Bertz CT molecular complexity index is 1200. The number of H-pyrrole nitrogens is 1. The molecule has 3 aromatic rings. The fourth-order valence-electron chi connectivity index (χ4n) is 3.17. The normalized spacial score (nSPS) is 12.3. The van der Waals surface area contributed by atoms with Gasteiger partial charge in [-0.3, -0.25) is 14.2 Å². The van der Waals surface area contributed by atoms with Crippen LogP contribution in [0, 0.1) is 0 Å². The Morgan fingerprint density at radius 3 is 2.83 bits per heavy atom. The Hall–Kier alpha value is -3.26. The van der Waals surface area contributed by atoms with Gasteiger partial charge in [0.1, 0.15) is 0 Å². The second-order valence-corrected chi connectivity index (χ2v) is 7.08. The first kappa shape index (κ1) is 19.1. The summed E-state index contributed by atoms with van der Waals surface area (Å²) in [7, 11) is 0. The fourth-order valence-corrected chi connectivity index (χ4v) is 3.34. The van der Waals surface area contributed by atoms with Gasteiger partial charge in [0.05, 0.1) is 10.9 Å². The van der Waals surface area contributed by atoms with E-state index >= 15 is 0 Å². The van der Waals surface area contributed by atoms with Gasteiger partial charge in [-0.05, 0) is 42.3 Å². The second-order valence-electron chi connectivity index (χ2n) is 6.64. The van der Waals surface area contributed by atoms with E-state index in [4.69, 9.17) is 21.1 Å². The molecule has 0 bridgehead atoms. The molecule has 29 heavy (non-hydrogen) atoms. The highest BCUT2D eigenvalue weighted by atomic mass is 35.5. The first-order chi connectivity index (χ1) is 14.0. The number of aromatic nitrogens is 2. The largest absolute Gasteiger partial charge is 0.454 e. The van der Waals surface area contributed by atoms with Gasteiger partial charge in [0.15, 0.2) is 11.5 Å². The Morgan fingerprint density at radius 2 is 1.97 bits per heavy atom. The number of ether oxygens (including phenoxy) is 2. The number of aromatic amines is 1. The average molecular weight is 416 g/mol. The minimum atomic E-state index is -0.523. The number of nitrogens with one attached hydrogen (secondary N) is 2. The molecule has 0 saturated heterocycles. The van der Waals surface area contributed by atoms with Gasteiger partial charge in [-0.25, -0.2) is 4.79 Å². The smallest absolute Gasteiger partial charge is 0.328 e. The molecule has 0 spiro atoms. The second kappa shape index (κ2) is 8.00. The zero-order chi connectivity index (χ0) is 20.4. The topological polar surface area (TPSA) is 102 Å². The summed E-state index contributed by atoms with van der Waals surface area (Å²) in [5, 5.41) is 3.63. The molecule has 8 nitrogen and oxygen atoms in total. The molecule has 2 N–H and O–H groups in total. The summed E-state index contributed by atoms with van der Waals surface area (Å²) in [4.78, 5) is 39.5. The van der Waals surface area contributed by atoms with E-state index in [9.17, 15) is 14.4 Å². The predicted octanol–water partition coefficient (Wildman–Crippen LogP) is 2.17. The number of carbonyl (C=O) groups excluding carboxylic acids is 1. The molecule has 0 unspecified atom stereocenters. The van der Waals surface area contributed by atoms with Crippen LogP contribution < -0.4 is 26.0 Å². The first-order valence-corrected chi connectivity index (χ1v) is 9.47. The number of halogens is 1. The SMILES string of the molecule is O=C(CCCn1c(=O)[nH]c2cc(Cl)ccc2c1=O)NCc1ccc2c(c1)OCO2. The molecule has 150 valence electrons. The average Bonchev–Trinajstić information content (AvgIpc) is 3.16. The molecule has 2 aromatic carbocycles. The maximum absolute atomic E-state index is 12.5. The van der Waals surface area contributed by atoms with Crippen molar-refractivity contribution < 1.29 is 14.3 Å². The lowest BCUT2D eigenvalue weighted by Crippen LogP contribution is -2.35. The highest BCUT2D eigenvalue weighted by Gasteiger charge is 2.13. The molecule has 0 saturated carbocycles. The van der Waals surface area contributed by atoms with Crippen LogP contribution in [-0.4, -0.2) is 22.3 Å². The molecule has 0 radical (unpaired) electrons. The third-order valence-corrected chi connectivity index (χ3v) is 4.89. The van der Waals surface area contributed by atoms with E-state index in [0.29, 0.717) is 40.4 Å². The standard InChI is InChI=1S/C20H18ClN3O5/c21-13-4-5-14-15(9-13)23-20(27)24(19(14)26)7-1-2-18(25)22-10-12-3-6-16-17(8-12)29-11-28-16/h3-6,8-9H,1-2,7,10-11H2,(H,22,25)(H,23,27). The molecular formula is C20H18ClN3O5. The third-order valence-electron chi connectivity index (χ3n) is 4.66. The summed E-state index contributed by atoms with van der Waals surface area (Å²) < 4.78 is 11.7. The maximum Gasteiger partial charge on any atom is 0.328 e. The van der Waals surface area contributed by atoms with E-state index in [1.807, 2.05) is 12.1 Å². The van der Waals surface area contributed by atoms with Crippen molar-refractivity contribution in [3.05, 3.63) is 67.8 Å². The van der Waals surface area contributed by atoms with Gasteiger partial charge in [-0.1, -0.05) is 17.7 Å². The molecule has 1 aromatic heterocycles. The maximum atomic E-state index is 12.5. The van der Waals surface area contributed by atoms with Crippen molar-refractivity contribution in [3.63, 3.8) is 0 Å². The first-order valence-electron chi connectivity index (χ1n) is 9.09. The lowest BCUT2D eigenvalue weighted by molar-refractivity contribution is -0.121. The molecule has 1 aliphatic heterocycles. The van der Waals surface area contributed by atoms with E-state index in [2.05, 4.69) is 10.3 Å². The van der Waals surface area contributed by atoms with Gasteiger partial charge in [-0.2, -0.15) is 0 Å².